The molecule has 7 nitrogen and oxygen atoms in total. The van der Waals surface area contributed by atoms with Crippen LogP contribution in [0.1, 0.15) is 29.9 Å². The van der Waals surface area contributed by atoms with Gasteiger partial charge in [0.25, 0.3) is 0 Å². The summed E-state index contributed by atoms with van der Waals surface area (Å²) in [5, 5.41) is 20.7. The third-order valence-electron chi connectivity index (χ3n) is 4.29. The van der Waals surface area contributed by atoms with Gasteiger partial charge in [-0.2, -0.15) is 0 Å². The number of hydrogen-bond donors (Lipinski definition) is 1. The van der Waals surface area contributed by atoms with Crippen molar-refractivity contribution in [1.29, 1.82) is 0 Å². The predicted molar refractivity (Wildman–Crippen MR) is 82.6 cm³/mol. The molecule has 0 saturated heterocycles. The lowest BCUT2D eigenvalue weighted by atomic mass is 9.93. The van der Waals surface area contributed by atoms with Gasteiger partial charge in [0.2, 0.25) is 0 Å². The summed E-state index contributed by atoms with van der Waals surface area (Å²) in [7, 11) is 1.53. The van der Waals surface area contributed by atoms with Gasteiger partial charge in [-0.3, -0.25) is 15.0 Å². The number of fused-ring (bicyclic) bond motifs is 1. The number of methoxy groups -OCH3 is 1. The molecule has 1 aromatic carbocycles. The second-order valence-corrected chi connectivity index (χ2v) is 5.62. The smallest absolute Gasteiger partial charge is 0.433 e. The maximum atomic E-state index is 10.7. The van der Waals surface area contributed by atoms with Crippen molar-refractivity contribution in [2.24, 2.45) is 0 Å². The Kier molecular flexibility index (Phi) is 3.96. The van der Waals surface area contributed by atoms with Crippen molar-refractivity contribution in [3.05, 3.63) is 51.3 Å². The number of phenolic OH excluding ortho intramolecular Hbond substituents is 1. The molecule has 0 amide bonds. The first-order valence-electron chi connectivity index (χ1n) is 7.36. The van der Waals surface area contributed by atoms with E-state index in [2.05, 4.69) is 4.90 Å². The van der Waals surface area contributed by atoms with Crippen LogP contribution in [0.5, 0.6) is 11.5 Å². The Morgan fingerprint density at radius 2 is 2.26 bits per heavy atom. The molecule has 23 heavy (non-hydrogen) atoms. The molecular weight excluding hydrogens is 300 g/mol. The first-order valence-corrected chi connectivity index (χ1v) is 7.36. The van der Waals surface area contributed by atoms with Crippen molar-refractivity contribution in [1.82, 2.24) is 4.90 Å². The fourth-order valence-corrected chi connectivity index (χ4v) is 3.02. The summed E-state index contributed by atoms with van der Waals surface area (Å²) < 4.78 is 10.4. The lowest BCUT2D eigenvalue weighted by Crippen LogP contribution is -2.33. The van der Waals surface area contributed by atoms with E-state index in [1.54, 1.807) is 12.1 Å². The number of nitro groups is 1. The minimum atomic E-state index is -0.539. The van der Waals surface area contributed by atoms with E-state index >= 15 is 0 Å². The average molecular weight is 318 g/mol. The molecule has 0 aliphatic carbocycles. The summed E-state index contributed by atoms with van der Waals surface area (Å²) in [4.78, 5) is 12.3. The lowest BCUT2D eigenvalue weighted by molar-refractivity contribution is -0.402. The number of phenols is 1. The number of furan rings is 1. The normalized spacial score (nSPS) is 17.7. The maximum Gasteiger partial charge on any atom is 0.433 e. The molecule has 1 atom stereocenters. The number of hydrogen-bond acceptors (Lipinski definition) is 6. The van der Waals surface area contributed by atoms with Crippen molar-refractivity contribution >= 4 is 5.88 Å². The van der Waals surface area contributed by atoms with Gasteiger partial charge in [0.1, 0.15) is 10.7 Å². The molecule has 1 aromatic heterocycles. The largest absolute Gasteiger partial charge is 0.504 e. The van der Waals surface area contributed by atoms with E-state index in [0.29, 0.717) is 18.1 Å². The summed E-state index contributed by atoms with van der Waals surface area (Å²) in [6.45, 7) is 3.33. The third-order valence-corrected chi connectivity index (χ3v) is 4.29. The second kappa shape index (κ2) is 5.92. The van der Waals surface area contributed by atoms with Gasteiger partial charge < -0.3 is 14.3 Å². The predicted octanol–water partition coefficient (Wildman–Crippen LogP) is 3.02. The Morgan fingerprint density at radius 1 is 1.48 bits per heavy atom. The van der Waals surface area contributed by atoms with Crippen LogP contribution in [0.2, 0.25) is 0 Å². The zero-order valence-corrected chi connectivity index (χ0v) is 13.0. The molecule has 0 saturated carbocycles. The standard InChI is InChI=1S/C16H18N2O5/c1-10-13-8-14(19)15(22-2)7-11(13)5-6-17(10)9-12-3-4-16(23-12)18(20)21/h3-4,7-8,10,19H,5-6,9H2,1-2H3. The molecule has 1 aliphatic rings. The van der Waals surface area contributed by atoms with Crippen LogP contribution in [-0.4, -0.2) is 28.6 Å². The molecule has 0 fully saturated rings. The topological polar surface area (TPSA) is 89.0 Å². The highest BCUT2D eigenvalue weighted by Gasteiger charge is 2.26. The summed E-state index contributed by atoms with van der Waals surface area (Å²) in [5.41, 5.74) is 2.18. The Morgan fingerprint density at radius 3 is 2.91 bits per heavy atom. The highest BCUT2D eigenvalue weighted by molar-refractivity contribution is 5.48. The summed E-state index contributed by atoms with van der Waals surface area (Å²) in [6, 6.07) is 6.67. The Balaban J connectivity index is 1.81. The van der Waals surface area contributed by atoms with E-state index in [9.17, 15) is 15.2 Å². The number of ether oxygens (including phenoxy) is 1. The van der Waals surface area contributed by atoms with Crippen LogP contribution >= 0.6 is 0 Å². The summed E-state index contributed by atoms with van der Waals surface area (Å²) in [6.07, 6.45) is 0.819. The van der Waals surface area contributed by atoms with E-state index in [1.807, 2.05) is 13.0 Å². The zero-order chi connectivity index (χ0) is 16.6. The zero-order valence-electron chi connectivity index (χ0n) is 13.0. The van der Waals surface area contributed by atoms with Gasteiger partial charge in [-0.25, -0.2) is 0 Å². The van der Waals surface area contributed by atoms with Crippen molar-refractivity contribution in [3.8, 4) is 11.5 Å². The SMILES string of the molecule is COc1cc2c(cc1O)C(C)N(Cc1ccc([N+](=O)[O-])o1)CC2. The van der Waals surface area contributed by atoms with Gasteiger partial charge in [-0.15, -0.1) is 0 Å². The van der Waals surface area contributed by atoms with Gasteiger partial charge in [-0.05, 0) is 42.7 Å². The van der Waals surface area contributed by atoms with Gasteiger partial charge >= 0.3 is 5.88 Å². The van der Waals surface area contributed by atoms with Crippen molar-refractivity contribution in [2.45, 2.75) is 25.9 Å². The average Bonchev–Trinajstić information content (AvgIpc) is 2.99. The van der Waals surface area contributed by atoms with Crippen LogP contribution in [0, 0.1) is 10.1 Å². The van der Waals surface area contributed by atoms with Crippen molar-refractivity contribution in [2.75, 3.05) is 13.7 Å². The molecule has 2 heterocycles. The van der Waals surface area contributed by atoms with Gasteiger partial charge in [0.15, 0.2) is 11.5 Å². The molecule has 1 unspecified atom stereocenters. The molecule has 1 N–H and O–H groups in total. The quantitative estimate of drug-likeness (QED) is 0.688. The fourth-order valence-electron chi connectivity index (χ4n) is 3.02. The summed E-state index contributed by atoms with van der Waals surface area (Å²) in [5.74, 6) is 0.914. The van der Waals surface area contributed by atoms with Crippen LogP contribution in [0.4, 0.5) is 5.88 Å². The first kappa shape index (κ1) is 15.4. The Bertz CT molecular complexity index is 740. The Hall–Kier alpha value is -2.54. The molecule has 1 aliphatic heterocycles. The van der Waals surface area contributed by atoms with Gasteiger partial charge in [0, 0.05) is 12.6 Å². The van der Waals surface area contributed by atoms with E-state index in [0.717, 1.165) is 24.1 Å². The Labute approximate surface area is 133 Å². The molecule has 2 aromatic rings. The minimum absolute atomic E-state index is 0.0692. The van der Waals surface area contributed by atoms with Gasteiger partial charge in [-0.1, -0.05) is 0 Å². The highest BCUT2D eigenvalue weighted by atomic mass is 16.6. The second-order valence-electron chi connectivity index (χ2n) is 5.62. The molecule has 0 bridgehead atoms. The fraction of sp³-hybridized carbons (Fsp3) is 0.375. The molecule has 3 rings (SSSR count). The van der Waals surface area contributed by atoms with Crippen molar-refractivity contribution in [3.63, 3.8) is 0 Å². The number of nitrogens with zero attached hydrogens (tertiary/aromatic N) is 2. The van der Waals surface area contributed by atoms with Crippen LogP contribution in [-0.2, 0) is 13.0 Å². The van der Waals surface area contributed by atoms with Crippen LogP contribution < -0.4 is 4.74 Å². The van der Waals surface area contributed by atoms with E-state index in [4.69, 9.17) is 9.15 Å². The van der Waals surface area contributed by atoms with Crippen LogP contribution in [0.3, 0.4) is 0 Å². The summed E-state index contributed by atoms with van der Waals surface area (Å²) >= 11 is 0. The molecular formula is C16H18N2O5. The molecule has 0 spiro atoms. The first-order chi connectivity index (χ1) is 11.0. The number of benzene rings is 1. The molecule has 122 valence electrons. The van der Waals surface area contributed by atoms with E-state index in [1.165, 1.54) is 13.2 Å². The lowest BCUT2D eigenvalue weighted by Gasteiger charge is -2.34. The number of aromatic hydroxyl groups is 1. The highest BCUT2D eigenvalue weighted by Crippen LogP contribution is 2.37. The molecule has 7 heteroatoms. The van der Waals surface area contributed by atoms with Crippen LogP contribution in [0.25, 0.3) is 0 Å². The third kappa shape index (κ3) is 2.87. The maximum absolute atomic E-state index is 10.7. The van der Waals surface area contributed by atoms with E-state index < -0.39 is 4.92 Å². The molecule has 0 radical (unpaired) electrons. The van der Waals surface area contributed by atoms with E-state index in [-0.39, 0.29) is 17.7 Å². The van der Waals surface area contributed by atoms with Crippen molar-refractivity contribution < 1.29 is 19.2 Å². The monoisotopic (exact) mass is 318 g/mol. The number of rotatable bonds is 4. The van der Waals surface area contributed by atoms with Gasteiger partial charge in [0.05, 0.1) is 19.7 Å². The van der Waals surface area contributed by atoms with Crippen LogP contribution in [0.15, 0.2) is 28.7 Å². The minimum Gasteiger partial charge on any atom is -0.504 e.